The molecule has 2 heterocycles. The normalized spacial score (nSPS) is 18.1. The van der Waals surface area contributed by atoms with Crippen LogP contribution in [0.5, 0.6) is 0 Å². The lowest BCUT2D eigenvalue weighted by atomic mass is 10.0. The number of benzene rings is 2. The fourth-order valence-corrected chi connectivity index (χ4v) is 9.33. The van der Waals surface area contributed by atoms with Gasteiger partial charge in [-0.2, -0.15) is 26.3 Å². The van der Waals surface area contributed by atoms with Crippen LogP contribution in [0.2, 0.25) is 0 Å². The summed E-state index contributed by atoms with van der Waals surface area (Å²) in [5.41, 5.74) is 1.42. The van der Waals surface area contributed by atoms with Gasteiger partial charge in [0.25, 0.3) is 0 Å². The van der Waals surface area contributed by atoms with Crippen LogP contribution < -0.4 is 31.9 Å². The second kappa shape index (κ2) is 29.3. The third kappa shape index (κ3) is 19.4. The molecule has 2 fully saturated rings. The largest absolute Gasteiger partial charge is 0.471 e. The number of alkyl halides is 6. The Morgan fingerprint density at radius 1 is 0.592 bits per heavy atom. The van der Waals surface area contributed by atoms with E-state index >= 15 is 0 Å². The van der Waals surface area contributed by atoms with Gasteiger partial charge in [0.1, 0.15) is 12.1 Å². The van der Waals surface area contributed by atoms with Gasteiger partial charge in [0.2, 0.25) is 35.4 Å². The van der Waals surface area contributed by atoms with Crippen molar-refractivity contribution in [1.82, 2.24) is 51.5 Å². The molecular formula is C52H74F6N10O8. The topological polar surface area (TPSA) is 222 Å². The van der Waals surface area contributed by atoms with Gasteiger partial charge < -0.3 is 51.5 Å². The Morgan fingerprint density at radius 3 is 1.37 bits per heavy atom. The summed E-state index contributed by atoms with van der Waals surface area (Å²) in [4.78, 5) is 111. The summed E-state index contributed by atoms with van der Waals surface area (Å²) in [7, 11) is 3.03. The lowest BCUT2D eigenvalue weighted by molar-refractivity contribution is -0.186. The minimum absolute atomic E-state index is 0.0394. The number of rotatable bonds is 27. The smallest absolute Gasteiger partial charge is 0.356 e. The third-order valence-corrected chi connectivity index (χ3v) is 13.7. The van der Waals surface area contributed by atoms with E-state index in [0.717, 1.165) is 0 Å². The maximum atomic E-state index is 14.2. The van der Waals surface area contributed by atoms with Crippen molar-refractivity contribution in [2.24, 2.45) is 5.92 Å². The minimum atomic E-state index is -5.17. The van der Waals surface area contributed by atoms with E-state index in [-0.39, 0.29) is 70.7 Å². The molecule has 2 aromatic rings. The van der Waals surface area contributed by atoms with Gasteiger partial charge in [0.15, 0.2) is 0 Å². The van der Waals surface area contributed by atoms with E-state index in [4.69, 9.17) is 0 Å². The molecule has 2 saturated heterocycles. The monoisotopic (exact) mass is 1080 g/mol. The van der Waals surface area contributed by atoms with E-state index in [9.17, 15) is 64.7 Å². The van der Waals surface area contributed by atoms with E-state index in [1.807, 2.05) is 0 Å². The van der Waals surface area contributed by atoms with Gasteiger partial charge in [-0.05, 0) is 96.9 Å². The van der Waals surface area contributed by atoms with Gasteiger partial charge in [-0.1, -0.05) is 67.6 Å². The average molecular weight is 1080 g/mol. The van der Waals surface area contributed by atoms with Crippen LogP contribution in [-0.4, -0.2) is 181 Å². The summed E-state index contributed by atoms with van der Waals surface area (Å²) < 4.78 is 82.9. The number of hydrogen-bond donors (Lipinski definition) is 6. The van der Waals surface area contributed by atoms with Crippen molar-refractivity contribution in [2.45, 2.75) is 140 Å². The Hall–Kier alpha value is -6.30. The number of amides is 8. The van der Waals surface area contributed by atoms with E-state index in [0.29, 0.717) is 33.8 Å². The van der Waals surface area contributed by atoms with Gasteiger partial charge in [-0.25, -0.2) is 0 Å². The minimum Gasteiger partial charge on any atom is -0.356 e. The Bertz CT molecular complexity index is 2260. The van der Waals surface area contributed by atoms with E-state index in [1.54, 1.807) is 74.5 Å². The number of carbonyl (C=O) groups excluding carboxylic acids is 8. The summed E-state index contributed by atoms with van der Waals surface area (Å²) >= 11 is 0. The molecule has 4 unspecified atom stereocenters. The van der Waals surface area contributed by atoms with Gasteiger partial charge in [0.05, 0.1) is 24.9 Å². The Labute approximate surface area is 440 Å². The summed E-state index contributed by atoms with van der Waals surface area (Å²) in [6.45, 7) is 5.40. The summed E-state index contributed by atoms with van der Waals surface area (Å²) in [5.74, 6) is -8.31. The van der Waals surface area contributed by atoms with Crippen molar-refractivity contribution in [2.75, 3.05) is 59.9 Å². The fraction of sp³-hybridized carbons (Fsp3) is 0.615. The van der Waals surface area contributed by atoms with Crippen LogP contribution in [0.3, 0.4) is 0 Å². The molecular weight excluding hydrogens is 1010 g/mol. The number of nitrogens with zero attached hydrogens (tertiary/aromatic N) is 4. The molecule has 4 rings (SSSR count). The van der Waals surface area contributed by atoms with Crippen molar-refractivity contribution in [1.29, 1.82) is 0 Å². The molecule has 6 N–H and O–H groups in total. The maximum absolute atomic E-state index is 14.2. The summed E-state index contributed by atoms with van der Waals surface area (Å²) in [6.07, 6.45) is -9.50. The third-order valence-electron chi connectivity index (χ3n) is 13.7. The molecule has 0 bridgehead atoms. The zero-order valence-electron chi connectivity index (χ0n) is 44.0. The highest BCUT2D eigenvalue weighted by Gasteiger charge is 2.46. The first-order valence-electron chi connectivity index (χ1n) is 25.7. The SMILES string of the molecule is CN[C@@H](C)C(=O)NC(CC(=O)NCC(C)CC(C)NC(=O)CC(NC(=O)[C@H](C)NC)C(=O)N1CCC[C@H]1CN(CCc1ccccc1)C(=O)C(F)(F)F)C(=O)N1CCC[C@H]1CN(CCc1ccccc1)C(=O)C(F)(F)F. The van der Waals surface area contributed by atoms with Gasteiger partial charge in [0, 0.05) is 63.9 Å². The molecule has 0 radical (unpaired) electrons. The van der Waals surface area contributed by atoms with Crippen molar-refractivity contribution in [3.05, 3.63) is 71.8 Å². The van der Waals surface area contributed by atoms with Crippen molar-refractivity contribution in [3.8, 4) is 0 Å². The Balaban J connectivity index is 1.38. The van der Waals surface area contributed by atoms with E-state index < -0.39 is 128 Å². The highest BCUT2D eigenvalue weighted by molar-refractivity contribution is 5.95. The molecule has 0 aromatic heterocycles. The van der Waals surface area contributed by atoms with Crippen molar-refractivity contribution < 1.29 is 64.7 Å². The zero-order valence-corrected chi connectivity index (χ0v) is 44.0. The zero-order chi connectivity index (χ0) is 56.3. The molecule has 422 valence electrons. The van der Waals surface area contributed by atoms with Crippen LogP contribution in [0.25, 0.3) is 0 Å². The molecule has 2 aliphatic rings. The molecule has 2 aromatic carbocycles. The lowest BCUT2D eigenvalue weighted by Crippen LogP contribution is -2.56. The first-order chi connectivity index (χ1) is 35.8. The maximum Gasteiger partial charge on any atom is 0.471 e. The van der Waals surface area contributed by atoms with E-state index in [1.165, 1.54) is 37.7 Å². The molecule has 8 atom stereocenters. The molecule has 0 aliphatic carbocycles. The first-order valence-corrected chi connectivity index (χ1v) is 25.7. The number of hydrogen-bond acceptors (Lipinski definition) is 10. The number of halogens is 6. The quantitative estimate of drug-likeness (QED) is 0.0719. The highest BCUT2D eigenvalue weighted by Crippen LogP contribution is 2.26. The predicted molar refractivity (Wildman–Crippen MR) is 270 cm³/mol. The molecule has 24 heteroatoms. The number of likely N-dealkylation sites (tertiary alicyclic amines) is 2. The summed E-state index contributed by atoms with van der Waals surface area (Å²) in [5, 5.41) is 16.3. The second-order valence-corrected chi connectivity index (χ2v) is 19.8. The molecule has 0 saturated carbocycles. The van der Waals surface area contributed by atoms with Crippen LogP contribution in [0.1, 0.15) is 83.8 Å². The number of carbonyl (C=O) groups is 8. The van der Waals surface area contributed by atoms with Crippen LogP contribution in [-0.2, 0) is 51.2 Å². The van der Waals surface area contributed by atoms with Gasteiger partial charge in [-0.3, -0.25) is 38.4 Å². The average Bonchev–Trinajstić information content (AvgIpc) is 4.06. The van der Waals surface area contributed by atoms with Crippen LogP contribution in [0.15, 0.2) is 60.7 Å². The summed E-state index contributed by atoms with van der Waals surface area (Å²) in [6, 6.07) is 10.7. The van der Waals surface area contributed by atoms with Crippen molar-refractivity contribution >= 4 is 47.3 Å². The van der Waals surface area contributed by atoms with Crippen LogP contribution >= 0.6 is 0 Å². The fourth-order valence-electron chi connectivity index (χ4n) is 9.33. The Morgan fingerprint density at radius 2 is 0.987 bits per heavy atom. The molecule has 76 heavy (non-hydrogen) atoms. The lowest BCUT2D eigenvalue weighted by Gasteiger charge is -2.33. The standard InChI is InChI=1S/C52H74F6N10O8/c1-33(30-61-43(69)28-41(63-45(71)35(3)59-5)47(73)67-23-13-19-39(67)31-65(49(75)51(53,54)55)25-21-37-15-9-7-10-16-37)27-34(2)62-44(70)29-42(64-46(72)36(4)60-6)48(74)68-24-14-20-40(68)32-66(50(76)52(56,57)58)26-22-38-17-11-8-12-18-38/h7-12,15-18,33-36,39-42,59-60H,13-14,19-32H2,1-6H3,(H,61,69)(H,62,70)(H,63,71)(H,64,72)/t33?,34?,35-,36-,39-,40-,41?,42?/m0/s1. The molecule has 2 aliphatic heterocycles. The van der Waals surface area contributed by atoms with Crippen LogP contribution in [0, 0.1) is 5.92 Å². The van der Waals surface area contributed by atoms with Gasteiger partial charge in [-0.15, -0.1) is 0 Å². The highest BCUT2D eigenvalue weighted by atomic mass is 19.4. The predicted octanol–water partition coefficient (Wildman–Crippen LogP) is 2.85. The molecule has 0 spiro atoms. The number of likely N-dealkylation sites (N-methyl/N-ethyl adjacent to an activating group) is 2. The van der Waals surface area contributed by atoms with Crippen molar-refractivity contribution in [3.63, 3.8) is 0 Å². The second-order valence-electron chi connectivity index (χ2n) is 19.8. The van der Waals surface area contributed by atoms with Crippen LogP contribution in [0.4, 0.5) is 26.3 Å². The van der Waals surface area contributed by atoms with E-state index in [2.05, 4.69) is 31.9 Å². The molecule has 18 nitrogen and oxygen atoms in total. The molecule has 8 amide bonds. The van der Waals surface area contributed by atoms with Gasteiger partial charge >= 0.3 is 24.2 Å². The Kier molecular flexibility index (Phi) is 24.0. The first kappa shape index (κ1) is 62.2. The number of nitrogens with one attached hydrogen (secondary N) is 6.